The summed E-state index contributed by atoms with van der Waals surface area (Å²) in [5.41, 5.74) is 26.5. The Balaban J connectivity index is 0.709. The SMILES string of the molecule is CC1(C)c2ccccc2-c2ccc(-n3c4ccccc4c4ccc(-c5ccc6c(c5)c5ccccc5n6-c5cccc(-c6ccc7c(c6)c(-n6c8ccccc8c8ccc(-c9ccc%10c(c9)c9ccccc9n%10-c9ccccc9)cc86)cc6ccccc67)c5)cc43)cc21. The van der Waals surface area contributed by atoms with E-state index in [2.05, 4.69) is 348 Å². The fraction of sp³-hybridized carbons (Fsp3) is 0.0337. The summed E-state index contributed by atoms with van der Waals surface area (Å²) in [5, 5.41) is 14.8. The molecule has 0 bridgehead atoms. The van der Waals surface area contributed by atoms with Gasteiger partial charge >= 0.3 is 0 Å². The van der Waals surface area contributed by atoms with Crippen molar-refractivity contribution in [2.75, 3.05) is 0 Å². The molecule has 4 nitrogen and oxygen atoms in total. The van der Waals surface area contributed by atoms with Crippen molar-refractivity contribution < 1.29 is 0 Å². The molecule has 93 heavy (non-hydrogen) atoms. The Kier molecular flexibility index (Phi) is 10.9. The molecule has 0 radical (unpaired) electrons. The molecule has 0 saturated carbocycles. The van der Waals surface area contributed by atoms with Gasteiger partial charge in [0.25, 0.3) is 0 Å². The third-order valence-corrected chi connectivity index (χ3v) is 20.7. The molecule has 1 aliphatic rings. The van der Waals surface area contributed by atoms with Crippen LogP contribution < -0.4 is 0 Å². The summed E-state index contributed by atoms with van der Waals surface area (Å²) in [6, 6.07) is 118. The van der Waals surface area contributed by atoms with Crippen molar-refractivity contribution in [3.63, 3.8) is 0 Å². The van der Waals surface area contributed by atoms with E-state index in [0.29, 0.717) is 0 Å². The Hall–Kier alpha value is -12.0. The van der Waals surface area contributed by atoms with Crippen LogP contribution in [-0.2, 0) is 5.41 Å². The molecule has 20 rings (SSSR count). The van der Waals surface area contributed by atoms with E-state index in [9.17, 15) is 0 Å². The third-order valence-electron chi connectivity index (χ3n) is 20.7. The molecule has 15 aromatic carbocycles. The highest BCUT2D eigenvalue weighted by atomic mass is 15.0. The predicted octanol–water partition coefficient (Wildman–Crippen LogP) is 23.7. The van der Waals surface area contributed by atoms with E-state index in [1.807, 2.05) is 0 Å². The zero-order valence-electron chi connectivity index (χ0n) is 51.3. The standard InChI is InChI=1S/C89H58N4/c1-89(2)78-30-13-8-25-67(78)68-44-40-64(54-79(68)89)92-80-31-14-9-26-69(80)73-42-36-59(51-86(73)92)57-39-46-85-77(50-57)72-29-12-16-33-82(72)91(85)63-23-18-20-55(47-63)56-35-41-66-65-24-7-6-19-61(65)53-88(75(66)48-56)93-83-34-17-10-27-70(83)74-43-37-60(52-87(74)93)58-38-45-84-76(49-58)71-28-11-15-32-81(71)90(84)62-21-4-3-5-22-62/h3-54H,1-2H3. The van der Waals surface area contributed by atoms with Crippen LogP contribution in [0.15, 0.2) is 315 Å². The Bertz CT molecular complexity index is 6400. The van der Waals surface area contributed by atoms with Crippen LogP contribution in [-0.4, -0.2) is 18.3 Å². The number of benzene rings is 15. The molecule has 0 fully saturated rings. The summed E-state index contributed by atoms with van der Waals surface area (Å²) >= 11 is 0. The number of para-hydroxylation sites is 5. The first-order valence-electron chi connectivity index (χ1n) is 32.4. The van der Waals surface area contributed by atoms with Gasteiger partial charge in [0.15, 0.2) is 0 Å². The lowest BCUT2D eigenvalue weighted by atomic mass is 9.82. The summed E-state index contributed by atoms with van der Waals surface area (Å²) in [4.78, 5) is 0. The lowest BCUT2D eigenvalue weighted by Gasteiger charge is -2.22. The van der Waals surface area contributed by atoms with Crippen LogP contribution in [0.4, 0.5) is 0 Å². The van der Waals surface area contributed by atoms with Crippen LogP contribution in [0.1, 0.15) is 25.0 Å². The molecule has 0 atom stereocenters. The van der Waals surface area contributed by atoms with E-state index in [4.69, 9.17) is 0 Å². The summed E-state index contributed by atoms with van der Waals surface area (Å²) in [6.07, 6.45) is 0. The Labute approximate surface area is 536 Å². The Morgan fingerprint density at radius 1 is 0.204 bits per heavy atom. The predicted molar refractivity (Wildman–Crippen MR) is 393 cm³/mol. The van der Waals surface area contributed by atoms with Crippen molar-refractivity contribution in [3.05, 3.63) is 327 Å². The molecule has 1 aliphatic carbocycles. The topological polar surface area (TPSA) is 19.7 Å². The van der Waals surface area contributed by atoms with E-state index < -0.39 is 0 Å². The van der Waals surface area contributed by atoms with E-state index in [1.54, 1.807) is 0 Å². The summed E-state index contributed by atoms with van der Waals surface area (Å²) in [7, 11) is 0. The second kappa shape index (κ2) is 19.5. The average Bonchev–Trinajstić information content (AvgIpc) is 1.65. The van der Waals surface area contributed by atoms with Gasteiger partial charge in [-0.2, -0.15) is 0 Å². The minimum atomic E-state index is -0.104. The molecule has 0 spiro atoms. The number of fused-ring (bicyclic) bond motifs is 18. The highest BCUT2D eigenvalue weighted by Crippen LogP contribution is 2.50. The zero-order valence-corrected chi connectivity index (χ0v) is 51.3. The van der Waals surface area contributed by atoms with Crippen LogP contribution in [0.2, 0.25) is 0 Å². The number of nitrogens with zero attached hydrogens (tertiary/aromatic N) is 4. The maximum absolute atomic E-state index is 2.53. The Morgan fingerprint density at radius 3 is 1.25 bits per heavy atom. The fourth-order valence-corrected chi connectivity index (χ4v) is 16.4. The van der Waals surface area contributed by atoms with Gasteiger partial charge in [-0.1, -0.05) is 220 Å². The molecule has 19 aromatic rings. The highest BCUT2D eigenvalue weighted by Gasteiger charge is 2.35. The number of aromatic nitrogens is 4. The van der Waals surface area contributed by atoms with Crippen LogP contribution in [0.25, 0.3) is 176 Å². The van der Waals surface area contributed by atoms with Crippen LogP contribution >= 0.6 is 0 Å². The van der Waals surface area contributed by atoms with Crippen molar-refractivity contribution in [2.24, 2.45) is 0 Å². The molecule has 434 valence electrons. The van der Waals surface area contributed by atoms with Gasteiger partial charge in [-0.05, 0) is 181 Å². The minimum Gasteiger partial charge on any atom is -0.309 e. The van der Waals surface area contributed by atoms with Crippen molar-refractivity contribution in [1.29, 1.82) is 0 Å². The highest BCUT2D eigenvalue weighted by molar-refractivity contribution is 6.18. The molecule has 0 N–H and O–H groups in total. The van der Waals surface area contributed by atoms with Gasteiger partial charge in [0.1, 0.15) is 0 Å². The largest absolute Gasteiger partial charge is 0.309 e. The molecule has 0 aliphatic heterocycles. The van der Waals surface area contributed by atoms with Crippen LogP contribution in [0, 0.1) is 0 Å². The smallest absolute Gasteiger partial charge is 0.0547 e. The van der Waals surface area contributed by atoms with Crippen LogP contribution in [0.3, 0.4) is 0 Å². The molecular formula is C89H58N4. The molecule has 4 heteroatoms. The van der Waals surface area contributed by atoms with E-state index in [1.165, 1.54) is 159 Å². The third kappa shape index (κ3) is 7.55. The van der Waals surface area contributed by atoms with Gasteiger partial charge in [-0.25, -0.2) is 0 Å². The first kappa shape index (κ1) is 51.9. The Morgan fingerprint density at radius 2 is 0.613 bits per heavy atom. The number of rotatable bonds is 7. The van der Waals surface area contributed by atoms with Gasteiger partial charge in [-0.15, -0.1) is 0 Å². The van der Waals surface area contributed by atoms with E-state index in [-0.39, 0.29) is 5.41 Å². The minimum absolute atomic E-state index is 0.104. The molecular weight excluding hydrogens is 1130 g/mol. The van der Waals surface area contributed by atoms with Crippen molar-refractivity contribution in [3.8, 4) is 67.3 Å². The quantitative estimate of drug-likeness (QED) is 0.142. The van der Waals surface area contributed by atoms with Crippen LogP contribution in [0.5, 0.6) is 0 Å². The second-order valence-electron chi connectivity index (χ2n) is 26.0. The maximum Gasteiger partial charge on any atom is 0.0547 e. The summed E-state index contributed by atoms with van der Waals surface area (Å²) < 4.78 is 9.86. The number of hydrogen-bond donors (Lipinski definition) is 0. The van der Waals surface area contributed by atoms with Gasteiger partial charge in [0, 0.05) is 71.0 Å². The molecule has 0 unspecified atom stereocenters. The summed E-state index contributed by atoms with van der Waals surface area (Å²) in [5.74, 6) is 0. The average molecular weight is 1180 g/mol. The van der Waals surface area contributed by atoms with Gasteiger partial charge < -0.3 is 18.3 Å². The lowest BCUT2D eigenvalue weighted by molar-refractivity contribution is 0.660. The van der Waals surface area contributed by atoms with Gasteiger partial charge in [-0.3, -0.25) is 0 Å². The second-order valence-corrected chi connectivity index (χ2v) is 26.0. The molecule has 4 heterocycles. The van der Waals surface area contributed by atoms with Crippen molar-refractivity contribution in [1.82, 2.24) is 18.3 Å². The molecule has 0 amide bonds. The monoisotopic (exact) mass is 1180 g/mol. The molecule has 4 aromatic heterocycles. The van der Waals surface area contributed by atoms with Crippen molar-refractivity contribution >= 4 is 109 Å². The summed E-state index contributed by atoms with van der Waals surface area (Å²) in [6.45, 7) is 4.74. The normalized spacial score (nSPS) is 12.9. The van der Waals surface area contributed by atoms with E-state index in [0.717, 1.165) is 28.2 Å². The fourth-order valence-electron chi connectivity index (χ4n) is 16.4. The lowest BCUT2D eigenvalue weighted by Crippen LogP contribution is -2.15. The van der Waals surface area contributed by atoms with Crippen molar-refractivity contribution in [2.45, 2.75) is 19.3 Å². The first-order chi connectivity index (χ1) is 45.9. The van der Waals surface area contributed by atoms with Gasteiger partial charge in [0.2, 0.25) is 0 Å². The zero-order chi connectivity index (χ0) is 61.2. The maximum atomic E-state index is 2.53. The van der Waals surface area contributed by atoms with E-state index >= 15 is 0 Å². The molecule has 0 saturated heterocycles. The first-order valence-corrected chi connectivity index (χ1v) is 32.4. The number of hydrogen-bond acceptors (Lipinski definition) is 0. The van der Waals surface area contributed by atoms with Gasteiger partial charge in [0.05, 0.1) is 49.8 Å².